The predicted molar refractivity (Wildman–Crippen MR) is 120 cm³/mol. The molecule has 0 saturated carbocycles. The zero-order valence-electron chi connectivity index (χ0n) is 16.1. The van der Waals surface area contributed by atoms with Crippen molar-refractivity contribution in [3.63, 3.8) is 0 Å². The first-order chi connectivity index (χ1) is 13.5. The third kappa shape index (κ3) is 10.3. The van der Waals surface area contributed by atoms with Gasteiger partial charge in [-0.05, 0) is 49.1 Å². The lowest BCUT2D eigenvalue weighted by Crippen LogP contribution is -2.42. The van der Waals surface area contributed by atoms with E-state index < -0.39 is 12.1 Å². The molecule has 2 aromatic rings. The first-order valence-electron chi connectivity index (χ1n) is 9.26. The molecule has 2 amide bonds. The van der Waals surface area contributed by atoms with Crippen LogP contribution < -0.4 is 16.4 Å². The second kappa shape index (κ2) is 14.0. The van der Waals surface area contributed by atoms with E-state index in [1.807, 2.05) is 54.6 Å². The van der Waals surface area contributed by atoms with Crippen molar-refractivity contribution in [2.75, 3.05) is 13.1 Å². The van der Waals surface area contributed by atoms with Crippen molar-refractivity contribution in [3.8, 4) is 0 Å². The molecule has 4 N–H and O–H groups in total. The number of benzene rings is 2. The minimum absolute atomic E-state index is 0. The van der Waals surface area contributed by atoms with Crippen LogP contribution in [0.3, 0.4) is 0 Å². The minimum Gasteiger partial charge on any atom is -0.445 e. The molecule has 0 aliphatic rings. The van der Waals surface area contributed by atoms with Gasteiger partial charge >= 0.3 is 6.09 Å². The number of carbonyl (C=O) groups excluding carboxylic acids is 2. The molecule has 6 nitrogen and oxygen atoms in total. The molecule has 0 spiro atoms. The highest BCUT2D eigenvalue weighted by Gasteiger charge is 2.14. The maximum Gasteiger partial charge on any atom is 0.407 e. The van der Waals surface area contributed by atoms with E-state index in [1.165, 1.54) is 5.56 Å². The Labute approximate surface area is 186 Å². The second-order valence-electron chi connectivity index (χ2n) is 6.42. The van der Waals surface area contributed by atoms with Crippen molar-refractivity contribution < 1.29 is 14.3 Å². The van der Waals surface area contributed by atoms with Crippen LogP contribution in [0.25, 0.3) is 0 Å². The maximum absolute atomic E-state index is 11.7. The van der Waals surface area contributed by atoms with Gasteiger partial charge in [0.25, 0.3) is 0 Å². The van der Waals surface area contributed by atoms with Crippen LogP contribution in [0.1, 0.15) is 24.0 Å². The molecule has 0 aliphatic heterocycles. The molecule has 2 rings (SSSR count). The van der Waals surface area contributed by atoms with Crippen LogP contribution in [0.4, 0.5) is 4.79 Å². The van der Waals surface area contributed by atoms with E-state index in [4.69, 9.17) is 10.5 Å². The van der Waals surface area contributed by atoms with Gasteiger partial charge in [0.05, 0.1) is 6.04 Å². The highest BCUT2D eigenvalue weighted by Crippen LogP contribution is 2.10. The molecule has 8 heteroatoms. The number of rotatable bonds is 11. The van der Waals surface area contributed by atoms with E-state index in [1.54, 1.807) is 0 Å². The molecule has 0 saturated heterocycles. The molecular weight excluding hydrogens is 458 g/mol. The van der Waals surface area contributed by atoms with Crippen molar-refractivity contribution in [3.05, 3.63) is 70.2 Å². The molecule has 0 unspecified atom stereocenters. The standard InChI is InChI=1S/C21H26BrN3O3.ClH/c22-18-10-8-16(9-11-18)12-14-24-19(20(23)26)7-4-13-25-21(27)28-15-17-5-2-1-3-6-17;/h1-3,5-6,8-11,19,24H,4,7,12-15H2,(H2,23,26)(H,25,27);1H/t19-;/m1./s1. The van der Waals surface area contributed by atoms with Crippen LogP contribution in [0.2, 0.25) is 0 Å². The fraction of sp³-hybridized carbons (Fsp3) is 0.333. The highest BCUT2D eigenvalue weighted by atomic mass is 79.9. The van der Waals surface area contributed by atoms with Crippen LogP contribution in [-0.4, -0.2) is 31.1 Å². The molecule has 0 bridgehead atoms. The number of amides is 2. The van der Waals surface area contributed by atoms with E-state index in [0.29, 0.717) is 25.9 Å². The van der Waals surface area contributed by atoms with Crippen LogP contribution >= 0.6 is 28.3 Å². The summed E-state index contributed by atoms with van der Waals surface area (Å²) in [6.45, 7) is 1.31. The highest BCUT2D eigenvalue weighted by molar-refractivity contribution is 9.10. The first kappa shape index (κ1) is 24.9. The molecule has 29 heavy (non-hydrogen) atoms. The van der Waals surface area contributed by atoms with Crippen molar-refractivity contribution in [2.45, 2.75) is 31.9 Å². The number of nitrogens with one attached hydrogen (secondary N) is 2. The summed E-state index contributed by atoms with van der Waals surface area (Å²) in [6, 6.07) is 17.1. The number of nitrogens with two attached hydrogens (primary N) is 1. The summed E-state index contributed by atoms with van der Waals surface area (Å²) in [5.41, 5.74) is 7.58. The van der Waals surface area contributed by atoms with Gasteiger partial charge in [-0.15, -0.1) is 12.4 Å². The number of alkyl carbamates (subject to hydrolysis) is 1. The summed E-state index contributed by atoms with van der Waals surface area (Å²) in [4.78, 5) is 23.3. The Balaban J connectivity index is 0.00000420. The lowest BCUT2D eigenvalue weighted by atomic mass is 10.1. The number of ether oxygens (including phenoxy) is 1. The van der Waals surface area contributed by atoms with Crippen LogP contribution in [-0.2, 0) is 22.6 Å². The fourth-order valence-electron chi connectivity index (χ4n) is 2.66. The molecule has 0 heterocycles. The van der Waals surface area contributed by atoms with Gasteiger partial charge in [-0.25, -0.2) is 4.79 Å². The Hall–Kier alpha value is -2.09. The van der Waals surface area contributed by atoms with Crippen molar-refractivity contribution in [1.82, 2.24) is 10.6 Å². The van der Waals surface area contributed by atoms with E-state index in [9.17, 15) is 9.59 Å². The number of primary amides is 1. The van der Waals surface area contributed by atoms with Crippen molar-refractivity contribution in [2.24, 2.45) is 5.73 Å². The van der Waals surface area contributed by atoms with E-state index >= 15 is 0 Å². The summed E-state index contributed by atoms with van der Waals surface area (Å²) in [5, 5.41) is 5.88. The Kier molecular flexibility index (Phi) is 12.0. The van der Waals surface area contributed by atoms with Gasteiger partial charge in [0.15, 0.2) is 0 Å². The van der Waals surface area contributed by atoms with E-state index in [2.05, 4.69) is 26.6 Å². The Morgan fingerprint density at radius 3 is 2.34 bits per heavy atom. The average molecular weight is 485 g/mol. The van der Waals surface area contributed by atoms with Gasteiger partial charge in [-0.1, -0.05) is 58.4 Å². The van der Waals surface area contributed by atoms with Gasteiger partial charge in [-0.3, -0.25) is 4.79 Å². The van der Waals surface area contributed by atoms with Gasteiger partial charge in [-0.2, -0.15) is 0 Å². The SMILES string of the molecule is Cl.NC(=O)[C@@H](CCCNC(=O)OCc1ccccc1)NCCc1ccc(Br)cc1. The van der Waals surface area contributed by atoms with Gasteiger partial charge in [0, 0.05) is 11.0 Å². The second-order valence-corrected chi connectivity index (χ2v) is 7.33. The zero-order valence-corrected chi connectivity index (χ0v) is 18.5. The summed E-state index contributed by atoms with van der Waals surface area (Å²) >= 11 is 3.41. The molecular formula is C21H27BrClN3O3. The maximum atomic E-state index is 11.7. The van der Waals surface area contributed by atoms with Crippen molar-refractivity contribution in [1.29, 1.82) is 0 Å². The molecule has 0 aliphatic carbocycles. The van der Waals surface area contributed by atoms with E-state index in [-0.39, 0.29) is 24.9 Å². The van der Waals surface area contributed by atoms with Gasteiger partial charge < -0.3 is 21.1 Å². The summed E-state index contributed by atoms with van der Waals surface area (Å²) in [5.74, 6) is -0.387. The number of hydrogen-bond donors (Lipinski definition) is 3. The normalized spacial score (nSPS) is 11.2. The minimum atomic E-state index is -0.470. The molecule has 0 radical (unpaired) electrons. The molecule has 2 aromatic carbocycles. The fourth-order valence-corrected chi connectivity index (χ4v) is 2.92. The Morgan fingerprint density at radius 1 is 1.00 bits per heavy atom. The van der Waals surface area contributed by atoms with Gasteiger partial charge in [0.1, 0.15) is 6.61 Å². The van der Waals surface area contributed by atoms with Crippen LogP contribution in [0.5, 0.6) is 0 Å². The lowest BCUT2D eigenvalue weighted by molar-refractivity contribution is -0.120. The molecule has 158 valence electrons. The predicted octanol–water partition coefficient (Wildman–Crippen LogP) is 3.56. The largest absolute Gasteiger partial charge is 0.445 e. The quantitative estimate of drug-likeness (QED) is 0.425. The Bertz CT molecular complexity index is 745. The Morgan fingerprint density at radius 2 is 1.69 bits per heavy atom. The lowest BCUT2D eigenvalue weighted by Gasteiger charge is -2.15. The van der Waals surface area contributed by atoms with E-state index in [0.717, 1.165) is 16.5 Å². The number of carbonyl (C=O) groups is 2. The smallest absolute Gasteiger partial charge is 0.407 e. The summed E-state index contributed by atoms with van der Waals surface area (Å²) < 4.78 is 6.18. The third-order valence-corrected chi connectivity index (χ3v) is 4.74. The zero-order chi connectivity index (χ0) is 20.2. The summed E-state index contributed by atoms with van der Waals surface area (Å²) in [6.07, 6.45) is 1.51. The first-order valence-corrected chi connectivity index (χ1v) is 10.1. The number of hydrogen-bond acceptors (Lipinski definition) is 4. The van der Waals surface area contributed by atoms with Crippen molar-refractivity contribution >= 4 is 40.3 Å². The molecule has 0 aromatic heterocycles. The topological polar surface area (TPSA) is 93.5 Å². The van der Waals surface area contributed by atoms with Gasteiger partial charge in [0.2, 0.25) is 5.91 Å². The monoisotopic (exact) mass is 483 g/mol. The molecule has 0 fully saturated rings. The number of halogens is 2. The average Bonchev–Trinajstić information content (AvgIpc) is 2.70. The summed E-state index contributed by atoms with van der Waals surface area (Å²) in [7, 11) is 0. The third-order valence-electron chi connectivity index (χ3n) is 4.21. The van der Waals surface area contributed by atoms with Crippen LogP contribution in [0.15, 0.2) is 59.1 Å². The molecule has 1 atom stereocenters. The van der Waals surface area contributed by atoms with Crippen LogP contribution in [0, 0.1) is 0 Å².